The molecule has 0 bridgehead atoms. The SMILES string of the molecule is C[C@@H](NC(=O)C1CC(=O)N(c2ccc(F)cc2)C1)C(=O)NCCc1c[nH]c2ccccc12. The number of benzene rings is 2. The lowest BCUT2D eigenvalue weighted by atomic mass is 10.1. The number of fused-ring (bicyclic) bond motifs is 1. The first kappa shape index (κ1) is 21.5. The van der Waals surface area contributed by atoms with Crippen LogP contribution in [0.15, 0.2) is 54.7 Å². The largest absolute Gasteiger partial charge is 0.361 e. The smallest absolute Gasteiger partial charge is 0.242 e. The Balaban J connectivity index is 1.26. The van der Waals surface area contributed by atoms with E-state index in [0.29, 0.717) is 18.7 Å². The van der Waals surface area contributed by atoms with Crippen LogP contribution < -0.4 is 15.5 Å². The second-order valence-corrected chi connectivity index (χ2v) is 8.01. The van der Waals surface area contributed by atoms with Crippen molar-refractivity contribution in [3.8, 4) is 0 Å². The molecule has 4 rings (SSSR count). The highest BCUT2D eigenvalue weighted by Gasteiger charge is 2.36. The minimum absolute atomic E-state index is 0.0537. The van der Waals surface area contributed by atoms with Gasteiger partial charge in [-0.25, -0.2) is 4.39 Å². The van der Waals surface area contributed by atoms with Crippen LogP contribution >= 0.6 is 0 Å². The summed E-state index contributed by atoms with van der Waals surface area (Å²) in [5, 5.41) is 6.67. The molecule has 0 aliphatic carbocycles. The van der Waals surface area contributed by atoms with Gasteiger partial charge in [-0.2, -0.15) is 0 Å². The van der Waals surface area contributed by atoms with Gasteiger partial charge < -0.3 is 20.5 Å². The molecule has 0 radical (unpaired) electrons. The number of nitrogens with zero attached hydrogens (tertiary/aromatic N) is 1. The summed E-state index contributed by atoms with van der Waals surface area (Å²) in [4.78, 5) is 42.0. The van der Waals surface area contributed by atoms with Crippen LogP contribution in [-0.2, 0) is 20.8 Å². The highest BCUT2D eigenvalue weighted by Crippen LogP contribution is 2.25. The van der Waals surface area contributed by atoms with E-state index < -0.39 is 12.0 Å². The molecule has 8 heteroatoms. The maximum Gasteiger partial charge on any atom is 0.242 e. The number of para-hydroxylation sites is 1. The first-order valence-electron chi connectivity index (χ1n) is 10.6. The number of aromatic amines is 1. The number of aromatic nitrogens is 1. The zero-order valence-corrected chi connectivity index (χ0v) is 17.7. The van der Waals surface area contributed by atoms with Crippen molar-refractivity contribution in [2.75, 3.05) is 18.0 Å². The fourth-order valence-electron chi connectivity index (χ4n) is 3.96. The Kier molecular flexibility index (Phi) is 6.20. The monoisotopic (exact) mass is 436 g/mol. The van der Waals surface area contributed by atoms with Gasteiger partial charge in [0.1, 0.15) is 11.9 Å². The second-order valence-electron chi connectivity index (χ2n) is 8.01. The van der Waals surface area contributed by atoms with Crippen molar-refractivity contribution in [2.45, 2.75) is 25.8 Å². The number of carbonyl (C=O) groups excluding carboxylic acids is 3. The number of H-pyrrole nitrogens is 1. The van der Waals surface area contributed by atoms with Crippen LogP contribution in [0, 0.1) is 11.7 Å². The number of rotatable bonds is 7. The third-order valence-electron chi connectivity index (χ3n) is 5.75. The zero-order chi connectivity index (χ0) is 22.7. The molecule has 0 saturated carbocycles. The van der Waals surface area contributed by atoms with Gasteiger partial charge >= 0.3 is 0 Å². The molecule has 32 heavy (non-hydrogen) atoms. The molecule has 1 aromatic heterocycles. The molecule has 1 fully saturated rings. The lowest BCUT2D eigenvalue weighted by Crippen LogP contribution is -2.47. The lowest BCUT2D eigenvalue weighted by Gasteiger charge is -2.18. The highest BCUT2D eigenvalue weighted by molar-refractivity contribution is 6.01. The van der Waals surface area contributed by atoms with Crippen LogP contribution in [0.5, 0.6) is 0 Å². The van der Waals surface area contributed by atoms with Crippen LogP contribution in [0.4, 0.5) is 10.1 Å². The van der Waals surface area contributed by atoms with Crippen LogP contribution in [0.1, 0.15) is 18.9 Å². The second kappa shape index (κ2) is 9.21. The van der Waals surface area contributed by atoms with Gasteiger partial charge in [0, 0.05) is 42.3 Å². The molecule has 1 saturated heterocycles. The van der Waals surface area contributed by atoms with E-state index in [9.17, 15) is 18.8 Å². The molecule has 2 aromatic carbocycles. The van der Waals surface area contributed by atoms with Gasteiger partial charge in [-0.05, 0) is 49.2 Å². The van der Waals surface area contributed by atoms with Gasteiger partial charge in [0.05, 0.1) is 5.92 Å². The number of carbonyl (C=O) groups is 3. The Hall–Kier alpha value is -3.68. The van der Waals surface area contributed by atoms with Crippen molar-refractivity contribution in [3.05, 3.63) is 66.1 Å². The first-order valence-corrected chi connectivity index (χ1v) is 10.6. The van der Waals surface area contributed by atoms with Crippen molar-refractivity contribution in [2.24, 2.45) is 5.92 Å². The predicted octanol–water partition coefficient (Wildman–Crippen LogP) is 2.52. The van der Waals surface area contributed by atoms with Crippen LogP contribution in [0.2, 0.25) is 0 Å². The Morgan fingerprint density at radius 2 is 1.94 bits per heavy atom. The maximum absolute atomic E-state index is 13.1. The number of hydrogen-bond acceptors (Lipinski definition) is 3. The fraction of sp³-hybridized carbons (Fsp3) is 0.292. The van der Waals surface area contributed by atoms with E-state index in [-0.39, 0.29) is 36.5 Å². The summed E-state index contributed by atoms with van der Waals surface area (Å²) in [5.41, 5.74) is 2.72. The summed E-state index contributed by atoms with van der Waals surface area (Å²) < 4.78 is 13.1. The number of halogens is 1. The third kappa shape index (κ3) is 4.64. The van der Waals surface area contributed by atoms with E-state index in [1.807, 2.05) is 30.5 Å². The minimum Gasteiger partial charge on any atom is -0.361 e. The van der Waals surface area contributed by atoms with Crippen LogP contribution in [-0.4, -0.2) is 41.8 Å². The molecule has 1 aliphatic heterocycles. The lowest BCUT2D eigenvalue weighted by molar-refractivity contribution is -0.130. The average Bonchev–Trinajstić information content (AvgIpc) is 3.38. The number of anilines is 1. The molecule has 0 spiro atoms. The van der Waals surface area contributed by atoms with Gasteiger partial charge in [-0.3, -0.25) is 14.4 Å². The topological polar surface area (TPSA) is 94.3 Å². The van der Waals surface area contributed by atoms with E-state index in [0.717, 1.165) is 16.5 Å². The molecule has 1 aliphatic rings. The van der Waals surface area contributed by atoms with E-state index in [1.165, 1.54) is 29.2 Å². The molecule has 3 amide bonds. The van der Waals surface area contributed by atoms with Crippen molar-refractivity contribution < 1.29 is 18.8 Å². The Labute approximate surface area is 185 Å². The van der Waals surface area contributed by atoms with E-state index in [2.05, 4.69) is 15.6 Å². The van der Waals surface area contributed by atoms with Crippen molar-refractivity contribution in [3.63, 3.8) is 0 Å². The molecule has 2 atom stereocenters. The Morgan fingerprint density at radius 1 is 1.19 bits per heavy atom. The van der Waals surface area contributed by atoms with Gasteiger partial charge in [-0.15, -0.1) is 0 Å². The van der Waals surface area contributed by atoms with E-state index >= 15 is 0 Å². The number of amides is 3. The molecule has 3 aromatic rings. The quantitative estimate of drug-likeness (QED) is 0.531. The first-order chi connectivity index (χ1) is 15.4. The third-order valence-corrected chi connectivity index (χ3v) is 5.75. The molecule has 7 nitrogen and oxygen atoms in total. The summed E-state index contributed by atoms with van der Waals surface area (Å²) >= 11 is 0. The fourth-order valence-corrected chi connectivity index (χ4v) is 3.96. The number of hydrogen-bond donors (Lipinski definition) is 3. The van der Waals surface area contributed by atoms with Gasteiger partial charge in [-0.1, -0.05) is 18.2 Å². The van der Waals surface area contributed by atoms with Crippen molar-refractivity contribution in [1.29, 1.82) is 0 Å². The average molecular weight is 436 g/mol. The van der Waals surface area contributed by atoms with Crippen molar-refractivity contribution in [1.82, 2.24) is 15.6 Å². The van der Waals surface area contributed by atoms with Gasteiger partial charge in [0.25, 0.3) is 0 Å². The van der Waals surface area contributed by atoms with E-state index in [4.69, 9.17) is 0 Å². The van der Waals surface area contributed by atoms with Crippen LogP contribution in [0.3, 0.4) is 0 Å². The molecule has 1 unspecified atom stereocenters. The highest BCUT2D eigenvalue weighted by atomic mass is 19.1. The Morgan fingerprint density at radius 3 is 2.72 bits per heavy atom. The predicted molar refractivity (Wildman–Crippen MR) is 119 cm³/mol. The summed E-state index contributed by atoms with van der Waals surface area (Å²) in [6, 6.07) is 12.8. The van der Waals surface area contributed by atoms with Gasteiger partial charge in [0.15, 0.2) is 0 Å². The van der Waals surface area contributed by atoms with Crippen molar-refractivity contribution >= 4 is 34.3 Å². The summed E-state index contributed by atoms with van der Waals surface area (Å²) in [6.45, 7) is 2.26. The van der Waals surface area contributed by atoms with Gasteiger partial charge in [0.2, 0.25) is 17.7 Å². The summed E-state index contributed by atoms with van der Waals surface area (Å²) in [7, 11) is 0. The standard InChI is InChI=1S/C24H25FN4O3/c1-15(23(31)26-11-10-16-13-27-21-5-3-2-4-20(16)21)28-24(32)17-12-22(30)29(14-17)19-8-6-18(25)7-9-19/h2-9,13,15,17,27H,10-12,14H2,1H3,(H,26,31)(H,28,32)/t15-,17?/m1/s1. The molecule has 166 valence electrons. The molecule has 3 N–H and O–H groups in total. The molecule has 2 heterocycles. The zero-order valence-electron chi connectivity index (χ0n) is 17.7. The molecular weight excluding hydrogens is 411 g/mol. The summed E-state index contributed by atoms with van der Waals surface area (Å²) in [5.74, 6) is -1.78. The normalized spacial score (nSPS) is 16.9. The maximum atomic E-state index is 13.1. The Bertz CT molecular complexity index is 1140. The number of nitrogens with one attached hydrogen (secondary N) is 3. The van der Waals surface area contributed by atoms with E-state index in [1.54, 1.807) is 6.92 Å². The minimum atomic E-state index is -0.722. The summed E-state index contributed by atoms with van der Waals surface area (Å²) in [6.07, 6.45) is 2.66. The van der Waals surface area contributed by atoms with Crippen LogP contribution in [0.25, 0.3) is 10.9 Å². The molecular formula is C24H25FN4O3.